The van der Waals surface area contributed by atoms with E-state index in [1.165, 1.54) is 19.2 Å². The largest absolute Gasteiger partial charge is 0.481 e. The Morgan fingerprint density at radius 2 is 2.21 bits per heavy atom. The van der Waals surface area contributed by atoms with Crippen LogP contribution in [-0.2, 0) is 19.1 Å². The number of esters is 1. The predicted octanol–water partition coefficient (Wildman–Crippen LogP) is -2.21. The summed E-state index contributed by atoms with van der Waals surface area (Å²) in [5.74, 6) is -2.13. The van der Waals surface area contributed by atoms with Crippen LogP contribution >= 0.6 is 0 Å². The zero-order chi connectivity index (χ0) is 21.1. The molecule has 13 heteroatoms. The number of nitrogens with zero attached hydrogens (tertiary/aromatic N) is 2. The minimum absolute atomic E-state index is 0.124. The molecule has 1 unspecified atom stereocenters. The number of ether oxygens (including phenoxy) is 2. The van der Waals surface area contributed by atoms with Gasteiger partial charge in [-0.2, -0.15) is 4.98 Å². The van der Waals surface area contributed by atoms with Crippen LogP contribution in [0.3, 0.4) is 0 Å². The summed E-state index contributed by atoms with van der Waals surface area (Å²) in [7, 11) is 0. The van der Waals surface area contributed by atoms with Gasteiger partial charge < -0.3 is 30.5 Å². The first kappa shape index (κ1) is 21.7. The molecule has 7 N–H and O–H groups in total. The quantitative estimate of drug-likeness (QED) is 0.202. The van der Waals surface area contributed by atoms with Crippen molar-refractivity contribution in [3.8, 4) is 0 Å². The number of aliphatic hydroxyl groups is 2. The van der Waals surface area contributed by atoms with E-state index in [2.05, 4.69) is 4.98 Å². The van der Waals surface area contributed by atoms with Crippen LogP contribution in [0, 0.1) is 0 Å². The second-order valence-corrected chi connectivity index (χ2v) is 6.47. The molecule has 1 aromatic heterocycles. The van der Waals surface area contributed by atoms with Gasteiger partial charge in [0.25, 0.3) is 0 Å². The van der Waals surface area contributed by atoms with Crippen molar-refractivity contribution in [3.05, 3.63) is 22.7 Å². The van der Waals surface area contributed by atoms with Crippen molar-refractivity contribution >= 4 is 17.8 Å². The normalized spacial score (nSPS) is 28.0. The molecule has 1 fully saturated rings. The third-order valence-corrected chi connectivity index (χ3v) is 4.39. The molecule has 13 nitrogen and oxygen atoms in total. The molecule has 2 heterocycles. The maximum Gasteiger partial charge on any atom is 0.351 e. The summed E-state index contributed by atoms with van der Waals surface area (Å²) < 4.78 is 11.3. The maximum atomic E-state index is 12.0. The highest BCUT2D eigenvalue weighted by molar-refractivity contribution is 5.76. The number of carboxylic acids is 1. The van der Waals surface area contributed by atoms with Crippen LogP contribution in [0.5, 0.6) is 0 Å². The Labute approximate surface area is 158 Å². The molecule has 1 aliphatic rings. The van der Waals surface area contributed by atoms with Gasteiger partial charge in [0.05, 0.1) is 0 Å². The zero-order valence-corrected chi connectivity index (χ0v) is 14.9. The van der Waals surface area contributed by atoms with Crippen LogP contribution in [-0.4, -0.2) is 72.5 Å². The van der Waals surface area contributed by atoms with Gasteiger partial charge in [0, 0.05) is 12.6 Å². The Balaban J connectivity index is 2.05. The van der Waals surface area contributed by atoms with Gasteiger partial charge in [-0.05, 0) is 19.4 Å². The summed E-state index contributed by atoms with van der Waals surface area (Å²) in [5.41, 5.74) is 4.49. The third-order valence-electron chi connectivity index (χ3n) is 4.39. The summed E-state index contributed by atoms with van der Waals surface area (Å²) in [4.78, 5) is 37.9. The van der Waals surface area contributed by atoms with Gasteiger partial charge in [-0.25, -0.2) is 4.79 Å². The maximum absolute atomic E-state index is 12.0. The molecular weight excluding hydrogens is 380 g/mol. The molecule has 2 rings (SSSR count). The first-order valence-corrected chi connectivity index (χ1v) is 8.27. The van der Waals surface area contributed by atoms with Crippen molar-refractivity contribution in [2.75, 3.05) is 12.1 Å². The van der Waals surface area contributed by atoms with Crippen molar-refractivity contribution < 1.29 is 39.6 Å². The van der Waals surface area contributed by atoms with E-state index in [0.717, 1.165) is 4.57 Å². The van der Waals surface area contributed by atoms with Gasteiger partial charge in [-0.3, -0.25) is 24.8 Å². The number of hydrogen-bond acceptors (Lipinski definition) is 11. The number of aromatic nitrogens is 2. The molecule has 0 radical (unpaired) electrons. The third kappa shape index (κ3) is 4.63. The summed E-state index contributed by atoms with van der Waals surface area (Å²) in [6.07, 6.45) is -3.35. The smallest absolute Gasteiger partial charge is 0.351 e. The Morgan fingerprint density at radius 1 is 1.54 bits per heavy atom. The van der Waals surface area contributed by atoms with E-state index in [9.17, 15) is 24.6 Å². The number of anilines is 1. The topological polar surface area (TPSA) is 206 Å². The number of aliphatic carboxylic acids is 1. The molecule has 0 aromatic carbocycles. The fourth-order valence-corrected chi connectivity index (χ4v) is 2.62. The summed E-state index contributed by atoms with van der Waals surface area (Å²) in [6, 6.07) is 0.0645. The molecule has 1 aromatic rings. The zero-order valence-electron chi connectivity index (χ0n) is 14.9. The highest BCUT2D eigenvalue weighted by Gasteiger charge is 2.53. The summed E-state index contributed by atoms with van der Waals surface area (Å²) in [5, 5.41) is 38.2. The van der Waals surface area contributed by atoms with Gasteiger partial charge in [0.15, 0.2) is 12.0 Å². The van der Waals surface area contributed by atoms with Gasteiger partial charge in [0.1, 0.15) is 30.5 Å². The second-order valence-electron chi connectivity index (χ2n) is 6.47. The molecule has 5 atom stereocenters. The van der Waals surface area contributed by atoms with Crippen molar-refractivity contribution in [2.24, 2.45) is 5.73 Å². The highest BCUT2D eigenvalue weighted by atomic mass is 16.6. The Hall–Kier alpha value is -2.58. The number of carboxylic acid groups (broad SMARTS) is 1. The van der Waals surface area contributed by atoms with E-state index in [1.807, 2.05) is 0 Å². The number of carbonyl (C=O) groups is 2. The Morgan fingerprint density at radius 3 is 2.79 bits per heavy atom. The number of nitrogens with one attached hydrogen (secondary N) is 1. The molecule has 0 spiro atoms. The van der Waals surface area contributed by atoms with Gasteiger partial charge in [-0.1, -0.05) is 0 Å². The van der Waals surface area contributed by atoms with E-state index < -0.39 is 54.3 Å². The lowest BCUT2D eigenvalue weighted by atomic mass is 9.95. The van der Waals surface area contributed by atoms with Crippen molar-refractivity contribution in [1.82, 2.24) is 9.55 Å². The molecule has 0 bridgehead atoms. The van der Waals surface area contributed by atoms with Crippen LogP contribution in [0.25, 0.3) is 0 Å². The number of hydrogen-bond donors (Lipinski definition) is 6. The average molecular weight is 402 g/mol. The molecular formula is C15H22N4O9. The predicted molar refractivity (Wildman–Crippen MR) is 90.3 cm³/mol. The first-order valence-electron chi connectivity index (χ1n) is 8.27. The van der Waals surface area contributed by atoms with Crippen molar-refractivity contribution in [3.63, 3.8) is 0 Å². The number of aliphatic hydroxyl groups excluding tert-OH is 1. The molecule has 28 heavy (non-hydrogen) atoms. The number of rotatable bonds is 8. The van der Waals surface area contributed by atoms with Crippen LogP contribution in [0.1, 0.15) is 26.0 Å². The summed E-state index contributed by atoms with van der Waals surface area (Å²) >= 11 is 0. The van der Waals surface area contributed by atoms with Gasteiger partial charge in [0.2, 0.25) is 0 Å². The van der Waals surface area contributed by atoms with Crippen molar-refractivity contribution in [2.45, 2.75) is 49.8 Å². The average Bonchev–Trinajstić information content (AvgIpc) is 2.87. The Bertz CT molecular complexity index is 781. The van der Waals surface area contributed by atoms with Crippen LogP contribution < -0.4 is 16.9 Å². The van der Waals surface area contributed by atoms with Crippen LogP contribution in [0.15, 0.2) is 17.1 Å². The molecule has 1 saturated heterocycles. The monoisotopic (exact) mass is 402 g/mol. The van der Waals surface area contributed by atoms with Crippen molar-refractivity contribution in [1.29, 1.82) is 0 Å². The lowest BCUT2D eigenvalue weighted by Gasteiger charge is -2.26. The van der Waals surface area contributed by atoms with E-state index in [-0.39, 0.29) is 18.7 Å². The molecule has 1 aliphatic heterocycles. The molecule has 0 amide bonds. The highest BCUT2D eigenvalue weighted by Crippen LogP contribution is 2.36. The SMILES string of the molecule is CC1(O)[C@H](O)[C@H](n2ccc(NO)nc2=O)O[C@@H]1COC(=O)[C@@H](N)CCC(=O)O. The second kappa shape index (κ2) is 8.62. The van der Waals surface area contributed by atoms with Gasteiger partial charge in [-0.15, -0.1) is 0 Å². The van der Waals surface area contributed by atoms with Crippen LogP contribution in [0.4, 0.5) is 5.82 Å². The van der Waals surface area contributed by atoms with E-state index in [1.54, 1.807) is 5.48 Å². The molecule has 156 valence electrons. The van der Waals surface area contributed by atoms with E-state index >= 15 is 0 Å². The van der Waals surface area contributed by atoms with E-state index in [0.29, 0.717) is 0 Å². The molecule has 0 aliphatic carbocycles. The van der Waals surface area contributed by atoms with Crippen LogP contribution in [0.2, 0.25) is 0 Å². The fourth-order valence-electron chi connectivity index (χ4n) is 2.62. The standard InChI is InChI=1S/C15H22N4O9/c1-15(25)8(6-27-13(23)7(16)2-3-10(20)21)28-12(11(15)22)19-5-4-9(18-26)17-14(19)24/h4-5,7-8,11-12,22,25-26H,2-3,6,16H2,1H3,(H,20,21)(H,17,18,24)/t7-,8+,11+,12+,15?/m0/s1. The minimum atomic E-state index is -1.89. The lowest BCUT2D eigenvalue weighted by Crippen LogP contribution is -2.47. The number of nitrogens with two attached hydrogens (primary N) is 1. The van der Waals surface area contributed by atoms with Gasteiger partial charge >= 0.3 is 17.6 Å². The lowest BCUT2D eigenvalue weighted by molar-refractivity contribution is -0.155. The summed E-state index contributed by atoms with van der Waals surface area (Å²) in [6.45, 7) is 0.751. The number of carbonyl (C=O) groups excluding carboxylic acids is 1. The fraction of sp³-hybridized carbons (Fsp3) is 0.600. The minimum Gasteiger partial charge on any atom is -0.481 e. The molecule has 0 saturated carbocycles. The van der Waals surface area contributed by atoms with E-state index in [4.69, 9.17) is 25.5 Å². The Kier molecular flexibility index (Phi) is 6.69. The first-order chi connectivity index (χ1) is 13.1.